The maximum Gasteiger partial charge on any atom is 0.335 e. The number of nitriles is 1. The van der Waals surface area contributed by atoms with Crippen LogP contribution in [0.15, 0.2) is 57.4 Å². The van der Waals surface area contributed by atoms with Gasteiger partial charge in [-0.1, -0.05) is 27.4 Å². The van der Waals surface area contributed by atoms with Crippen molar-refractivity contribution >= 4 is 35.1 Å². The van der Waals surface area contributed by atoms with E-state index in [-0.39, 0.29) is 24.9 Å². The lowest BCUT2D eigenvalue weighted by molar-refractivity contribution is -0.112. The molecule has 1 aliphatic carbocycles. The molecule has 6 nitrogen and oxygen atoms in total. The molecule has 0 radical (unpaired) electrons. The summed E-state index contributed by atoms with van der Waals surface area (Å²) in [6, 6.07) is 7.02. The fourth-order valence-corrected chi connectivity index (χ4v) is 4.28. The Hall–Kier alpha value is -2.15. The van der Waals surface area contributed by atoms with E-state index in [1.54, 1.807) is 44.2 Å². The summed E-state index contributed by atoms with van der Waals surface area (Å²) in [5, 5.41) is 11.8. The highest BCUT2D eigenvalue weighted by atomic mass is 79.9. The van der Waals surface area contributed by atoms with Crippen molar-refractivity contribution in [3.05, 3.63) is 63.0 Å². The van der Waals surface area contributed by atoms with Gasteiger partial charge in [-0.2, -0.15) is 5.26 Å². The van der Waals surface area contributed by atoms with E-state index in [0.717, 1.165) is 4.47 Å². The molecule has 140 valence electrons. The second-order valence-corrected chi connectivity index (χ2v) is 8.35. The summed E-state index contributed by atoms with van der Waals surface area (Å²) >= 11 is 3.28. The largest absolute Gasteiger partial charge is 0.335 e. The van der Waals surface area contributed by atoms with Gasteiger partial charge in [-0.15, -0.1) is 0 Å². The van der Waals surface area contributed by atoms with Gasteiger partial charge >= 0.3 is 7.60 Å². The van der Waals surface area contributed by atoms with E-state index >= 15 is 0 Å². The molecule has 1 amide bonds. The predicted octanol–water partition coefficient (Wildman–Crippen LogP) is 4.70. The maximum atomic E-state index is 12.5. The smallest absolute Gasteiger partial charge is 0.320 e. The molecule has 0 aromatic heterocycles. The number of carbonyl (C=O) groups is 1. The van der Waals surface area contributed by atoms with Crippen molar-refractivity contribution in [1.29, 1.82) is 5.26 Å². The van der Waals surface area contributed by atoms with Gasteiger partial charge in [0.1, 0.15) is 6.07 Å². The highest BCUT2D eigenvalue weighted by molar-refractivity contribution is 9.10. The van der Waals surface area contributed by atoms with E-state index in [2.05, 4.69) is 32.7 Å². The quantitative estimate of drug-likeness (QED) is 0.459. The number of hydrogen-bond acceptors (Lipinski definition) is 5. The summed E-state index contributed by atoms with van der Waals surface area (Å²) < 4.78 is 23.8. The van der Waals surface area contributed by atoms with Crippen LogP contribution in [0, 0.1) is 11.3 Å². The number of anilines is 1. The Balaban J connectivity index is 2.20. The minimum Gasteiger partial charge on any atom is -0.320 e. The van der Waals surface area contributed by atoms with E-state index < -0.39 is 13.5 Å². The van der Waals surface area contributed by atoms with Crippen molar-refractivity contribution < 1.29 is 18.4 Å². The number of allylic oxidation sites excluding steroid dienone is 2. The molecule has 1 N–H and O–H groups in total. The lowest BCUT2D eigenvalue weighted by Crippen LogP contribution is -2.14. The zero-order valence-corrected chi connectivity index (χ0v) is 17.4. The monoisotopic (exact) mass is 448 g/mol. The molecule has 0 atom stereocenters. The highest BCUT2D eigenvalue weighted by Crippen LogP contribution is 2.49. The Kier molecular flexibility index (Phi) is 7.59. The second kappa shape index (κ2) is 9.69. The Morgan fingerprint density at radius 2 is 1.96 bits per heavy atom. The standard InChI is InChI=1S/C19H18BrN2O4P/c1-3-25-27(24,26-4-2)13-14-5-7-15(8-6-14)19(23)22-18-10-9-17(20)11-16(18)12-21/h5,7,9-11H,3-4,13H2,1-2H3,(H,22,23). The Labute approximate surface area is 166 Å². The number of nitrogens with one attached hydrogen (secondary N) is 1. The van der Waals surface area contributed by atoms with Gasteiger partial charge in [0.2, 0.25) is 0 Å². The van der Waals surface area contributed by atoms with Crippen LogP contribution < -0.4 is 5.32 Å². The molecule has 0 unspecified atom stereocenters. The van der Waals surface area contributed by atoms with Crippen LogP contribution in [0.5, 0.6) is 0 Å². The molecule has 1 aromatic carbocycles. The molecule has 0 spiro atoms. The van der Waals surface area contributed by atoms with E-state index in [0.29, 0.717) is 16.8 Å². The van der Waals surface area contributed by atoms with E-state index in [1.807, 2.05) is 6.07 Å². The van der Waals surface area contributed by atoms with Gasteiger partial charge in [0, 0.05) is 10.0 Å². The molecule has 0 bridgehead atoms. The molecular weight excluding hydrogens is 431 g/mol. The summed E-state index contributed by atoms with van der Waals surface area (Å²) in [5.41, 5.74) is 7.13. The fraction of sp³-hybridized carbons (Fsp3) is 0.263. The van der Waals surface area contributed by atoms with Crippen LogP contribution >= 0.6 is 23.5 Å². The first-order valence-electron chi connectivity index (χ1n) is 8.22. The summed E-state index contributed by atoms with van der Waals surface area (Å²) in [6.45, 7) is 4.03. The molecule has 8 heteroatoms. The van der Waals surface area contributed by atoms with Crippen LogP contribution in [0.4, 0.5) is 5.69 Å². The minimum absolute atomic E-state index is 0.0539. The van der Waals surface area contributed by atoms with Crippen LogP contribution in [0.3, 0.4) is 0 Å². The van der Waals surface area contributed by atoms with Crippen LogP contribution in [0.2, 0.25) is 0 Å². The van der Waals surface area contributed by atoms with E-state index in [9.17, 15) is 14.6 Å². The average molecular weight is 449 g/mol. The van der Waals surface area contributed by atoms with Gasteiger partial charge in [-0.3, -0.25) is 9.36 Å². The Bertz CT molecular complexity index is 954. The van der Waals surface area contributed by atoms with Crippen molar-refractivity contribution in [2.45, 2.75) is 13.8 Å². The third-order valence-corrected chi connectivity index (χ3v) is 5.94. The molecular formula is C19H18BrN2O4P. The van der Waals surface area contributed by atoms with Crippen molar-refractivity contribution in [1.82, 2.24) is 0 Å². The van der Waals surface area contributed by atoms with E-state index in [1.165, 1.54) is 0 Å². The number of carbonyl (C=O) groups excluding carboxylic acids is 1. The molecule has 27 heavy (non-hydrogen) atoms. The number of benzene rings is 1. The molecule has 1 aliphatic rings. The van der Waals surface area contributed by atoms with Crippen LogP contribution in [-0.2, 0) is 18.4 Å². The number of hydrogen-bond donors (Lipinski definition) is 1. The van der Waals surface area contributed by atoms with Gasteiger partial charge in [0.05, 0.1) is 36.2 Å². The van der Waals surface area contributed by atoms with Crippen LogP contribution in [0.1, 0.15) is 19.4 Å². The summed E-state index contributed by atoms with van der Waals surface area (Å²) in [4.78, 5) is 12.4. The van der Waals surface area contributed by atoms with E-state index in [4.69, 9.17) is 9.05 Å². The fourth-order valence-electron chi connectivity index (χ4n) is 2.28. The lowest BCUT2D eigenvalue weighted by Gasteiger charge is -2.16. The molecule has 0 fully saturated rings. The summed E-state index contributed by atoms with van der Waals surface area (Å²) in [6.07, 6.45) is 3.23. The van der Waals surface area contributed by atoms with Gasteiger partial charge in [-0.25, -0.2) is 0 Å². The number of halogens is 1. The molecule has 0 aliphatic heterocycles. The Morgan fingerprint density at radius 1 is 1.26 bits per heavy atom. The zero-order valence-electron chi connectivity index (χ0n) is 14.9. The molecule has 0 heterocycles. The topological polar surface area (TPSA) is 88.4 Å². The normalized spacial score (nSPS) is 13.0. The number of amides is 1. The molecule has 1 aromatic rings. The van der Waals surface area contributed by atoms with Gasteiger partial charge in [0.25, 0.3) is 5.91 Å². The minimum atomic E-state index is -3.24. The Morgan fingerprint density at radius 3 is 2.52 bits per heavy atom. The average Bonchev–Trinajstić information content (AvgIpc) is 2.64. The molecule has 0 saturated heterocycles. The van der Waals surface area contributed by atoms with Crippen LogP contribution in [-0.4, -0.2) is 25.3 Å². The lowest BCUT2D eigenvalue weighted by atomic mass is 10.1. The number of nitrogens with zero attached hydrogens (tertiary/aromatic N) is 1. The first-order chi connectivity index (χ1) is 12.9. The SMILES string of the molecule is CCOP(=O)(CC1=C=C=C(C(=O)Nc2ccc(Br)cc2C#N)C=C1)OCC. The van der Waals surface area contributed by atoms with Gasteiger partial charge in [0.15, 0.2) is 0 Å². The third-order valence-electron chi connectivity index (χ3n) is 3.42. The molecule has 2 rings (SSSR count). The van der Waals surface area contributed by atoms with Gasteiger partial charge < -0.3 is 14.4 Å². The first-order valence-corrected chi connectivity index (χ1v) is 10.7. The highest BCUT2D eigenvalue weighted by Gasteiger charge is 2.25. The third kappa shape index (κ3) is 5.92. The van der Waals surface area contributed by atoms with Crippen LogP contribution in [0.25, 0.3) is 0 Å². The summed E-state index contributed by atoms with van der Waals surface area (Å²) in [7, 11) is -3.24. The molecule has 0 saturated carbocycles. The maximum absolute atomic E-state index is 12.5. The summed E-state index contributed by atoms with van der Waals surface area (Å²) in [5.74, 6) is -0.422. The zero-order chi connectivity index (χ0) is 19.9. The first kappa shape index (κ1) is 21.2. The van der Waals surface area contributed by atoms with Crippen molar-refractivity contribution in [3.63, 3.8) is 0 Å². The van der Waals surface area contributed by atoms with Crippen molar-refractivity contribution in [2.24, 2.45) is 0 Å². The number of rotatable bonds is 8. The van der Waals surface area contributed by atoms with Gasteiger partial charge in [-0.05, 0) is 44.2 Å². The van der Waals surface area contributed by atoms with Crippen molar-refractivity contribution in [3.8, 4) is 6.07 Å². The predicted molar refractivity (Wildman–Crippen MR) is 106 cm³/mol. The second-order valence-electron chi connectivity index (χ2n) is 5.38. The van der Waals surface area contributed by atoms with Crippen molar-refractivity contribution in [2.75, 3.05) is 24.7 Å².